The van der Waals surface area contributed by atoms with Crippen LogP contribution >= 0.6 is 15.9 Å². The maximum absolute atomic E-state index is 4.48. The van der Waals surface area contributed by atoms with Crippen LogP contribution in [0.1, 0.15) is 24.7 Å². The highest BCUT2D eigenvalue weighted by molar-refractivity contribution is 9.10. The van der Waals surface area contributed by atoms with Gasteiger partial charge in [-0.3, -0.25) is 0 Å². The summed E-state index contributed by atoms with van der Waals surface area (Å²) >= 11 is 3.38. The van der Waals surface area contributed by atoms with Crippen LogP contribution in [0.5, 0.6) is 0 Å². The van der Waals surface area contributed by atoms with E-state index in [4.69, 9.17) is 0 Å². The Hall–Kier alpha value is -2.02. The number of hydrogen-bond donors (Lipinski definition) is 1. The zero-order chi connectivity index (χ0) is 14.2. The van der Waals surface area contributed by atoms with Gasteiger partial charge in [-0.1, -0.05) is 0 Å². The van der Waals surface area contributed by atoms with Gasteiger partial charge in [-0.15, -0.1) is 0 Å². The van der Waals surface area contributed by atoms with Crippen LogP contribution in [0.2, 0.25) is 0 Å². The lowest BCUT2D eigenvalue weighted by Gasteiger charge is -2.24. The van der Waals surface area contributed by atoms with Crippen LogP contribution in [-0.2, 0) is 0 Å². The Kier molecular flexibility index (Phi) is 3.07. The molecule has 3 aromatic rings. The summed E-state index contributed by atoms with van der Waals surface area (Å²) in [5.41, 5.74) is 0.863. The van der Waals surface area contributed by atoms with E-state index in [-0.39, 0.29) is 6.04 Å². The first-order chi connectivity index (χ1) is 10.3. The number of anilines is 1. The standard InChI is InChI=1S/C14H13BrN6/c15-9-6-17-13(18-7-9)11-2-1-5-21(11)14-10-3-4-16-12(10)19-8-20-14/h3-4,6-8,11H,1-2,5H2,(H,16,19,20). The van der Waals surface area contributed by atoms with Gasteiger partial charge in [0.2, 0.25) is 0 Å². The van der Waals surface area contributed by atoms with E-state index >= 15 is 0 Å². The van der Waals surface area contributed by atoms with Crippen LogP contribution in [0.3, 0.4) is 0 Å². The summed E-state index contributed by atoms with van der Waals surface area (Å²) in [6, 6.07) is 2.19. The number of hydrogen-bond acceptors (Lipinski definition) is 5. The van der Waals surface area contributed by atoms with Gasteiger partial charge < -0.3 is 9.88 Å². The zero-order valence-electron chi connectivity index (χ0n) is 11.2. The van der Waals surface area contributed by atoms with Crippen LogP contribution in [0.15, 0.2) is 35.5 Å². The van der Waals surface area contributed by atoms with Crippen molar-refractivity contribution in [2.24, 2.45) is 0 Å². The van der Waals surface area contributed by atoms with Crippen molar-refractivity contribution in [3.05, 3.63) is 41.3 Å². The Labute approximate surface area is 129 Å². The largest absolute Gasteiger partial charge is 0.346 e. The lowest BCUT2D eigenvalue weighted by molar-refractivity contribution is 0.660. The second-order valence-corrected chi connectivity index (χ2v) is 5.96. The Morgan fingerprint density at radius 2 is 2.05 bits per heavy atom. The summed E-state index contributed by atoms with van der Waals surface area (Å²) in [5, 5.41) is 1.04. The van der Waals surface area contributed by atoms with Gasteiger partial charge in [0, 0.05) is 25.1 Å². The van der Waals surface area contributed by atoms with Gasteiger partial charge in [-0.2, -0.15) is 0 Å². The summed E-state index contributed by atoms with van der Waals surface area (Å²) in [7, 11) is 0. The summed E-state index contributed by atoms with van der Waals surface area (Å²) < 4.78 is 0.894. The highest BCUT2D eigenvalue weighted by atomic mass is 79.9. The fourth-order valence-electron chi connectivity index (χ4n) is 2.87. The molecule has 21 heavy (non-hydrogen) atoms. The van der Waals surface area contributed by atoms with Gasteiger partial charge in [0.1, 0.15) is 17.8 Å². The number of H-pyrrole nitrogens is 1. The van der Waals surface area contributed by atoms with Crippen molar-refractivity contribution in [2.75, 3.05) is 11.4 Å². The minimum atomic E-state index is 0.172. The number of nitrogens with one attached hydrogen (secondary N) is 1. The van der Waals surface area contributed by atoms with Crippen LogP contribution < -0.4 is 4.90 Å². The predicted octanol–water partition coefficient (Wildman–Crippen LogP) is 2.85. The molecule has 1 saturated heterocycles. The monoisotopic (exact) mass is 344 g/mol. The molecule has 1 aliphatic rings. The molecule has 0 aliphatic carbocycles. The number of halogens is 1. The number of aromatic nitrogens is 5. The fourth-order valence-corrected chi connectivity index (χ4v) is 3.08. The van der Waals surface area contributed by atoms with Crippen molar-refractivity contribution in [3.63, 3.8) is 0 Å². The van der Waals surface area contributed by atoms with E-state index in [0.29, 0.717) is 0 Å². The van der Waals surface area contributed by atoms with Crippen molar-refractivity contribution in [3.8, 4) is 0 Å². The summed E-state index contributed by atoms with van der Waals surface area (Å²) in [5.74, 6) is 1.80. The molecule has 3 aromatic heterocycles. The molecular weight excluding hydrogens is 332 g/mol. The minimum absolute atomic E-state index is 0.172. The molecule has 0 aromatic carbocycles. The topological polar surface area (TPSA) is 70.6 Å². The van der Waals surface area contributed by atoms with E-state index in [9.17, 15) is 0 Å². The third-order valence-electron chi connectivity index (χ3n) is 3.80. The Morgan fingerprint density at radius 3 is 2.90 bits per heavy atom. The van der Waals surface area contributed by atoms with E-state index in [1.165, 1.54) is 0 Å². The minimum Gasteiger partial charge on any atom is -0.346 e. The molecule has 4 rings (SSSR count). The molecule has 6 nitrogen and oxygen atoms in total. The fraction of sp³-hybridized carbons (Fsp3) is 0.286. The van der Waals surface area contributed by atoms with Crippen molar-refractivity contribution < 1.29 is 0 Å². The van der Waals surface area contributed by atoms with E-state index in [1.807, 2.05) is 12.3 Å². The molecule has 106 valence electrons. The average molecular weight is 345 g/mol. The molecular formula is C14H13BrN6. The number of aromatic amines is 1. The molecule has 7 heteroatoms. The molecule has 1 unspecified atom stereocenters. The Bertz CT molecular complexity index is 768. The van der Waals surface area contributed by atoms with Gasteiger partial charge in [-0.05, 0) is 34.8 Å². The molecule has 4 heterocycles. The second kappa shape index (κ2) is 5.07. The van der Waals surface area contributed by atoms with E-state index < -0.39 is 0 Å². The van der Waals surface area contributed by atoms with E-state index in [1.54, 1.807) is 18.7 Å². The maximum Gasteiger partial charge on any atom is 0.150 e. The maximum atomic E-state index is 4.48. The highest BCUT2D eigenvalue weighted by Gasteiger charge is 2.30. The zero-order valence-corrected chi connectivity index (χ0v) is 12.8. The third kappa shape index (κ3) is 2.17. The van der Waals surface area contributed by atoms with Gasteiger partial charge in [-0.25, -0.2) is 19.9 Å². The lowest BCUT2D eigenvalue weighted by Crippen LogP contribution is -2.25. The third-order valence-corrected chi connectivity index (χ3v) is 4.21. The van der Waals surface area contributed by atoms with Crippen molar-refractivity contribution in [1.29, 1.82) is 0 Å². The highest BCUT2D eigenvalue weighted by Crippen LogP contribution is 2.36. The normalized spacial score (nSPS) is 18.5. The second-order valence-electron chi connectivity index (χ2n) is 5.05. The Balaban J connectivity index is 1.76. The molecule has 0 radical (unpaired) electrons. The van der Waals surface area contributed by atoms with Crippen LogP contribution in [-0.4, -0.2) is 31.5 Å². The van der Waals surface area contributed by atoms with Gasteiger partial charge >= 0.3 is 0 Å². The van der Waals surface area contributed by atoms with E-state index in [2.05, 4.69) is 45.7 Å². The van der Waals surface area contributed by atoms with Crippen molar-refractivity contribution in [1.82, 2.24) is 24.9 Å². The summed E-state index contributed by atoms with van der Waals surface area (Å²) in [4.78, 5) is 23.1. The predicted molar refractivity (Wildman–Crippen MR) is 82.9 cm³/mol. The number of rotatable bonds is 2. The number of nitrogens with zero attached hydrogens (tertiary/aromatic N) is 5. The summed E-state index contributed by atoms with van der Waals surface area (Å²) in [6.07, 6.45) is 9.24. The summed E-state index contributed by atoms with van der Waals surface area (Å²) in [6.45, 7) is 0.960. The lowest BCUT2D eigenvalue weighted by atomic mass is 10.2. The molecule has 0 bridgehead atoms. The molecule has 1 N–H and O–H groups in total. The molecule has 0 amide bonds. The average Bonchev–Trinajstić information content (AvgIpc) is 3.16. The first-order valence-electron chi connectivity index (χ1n) is 6.85. The smallest absolute Gasteiger partial charge is 0.150 e. The molecule has 1 atom stereocenters. The van der Waals surface area contributed by atoms with Gasteiger partial charge in [0.25, 0.3) is 0 Å². The molecule has 1 fully saturated rings. The Morgan fingerprint density at radius 1 is 1.19 bits per heavy atom. The van der Waals surface area contributed by atoms with Gasteiger partial charge in [0.15, 0.2) is 5.82 Å². The molecule has 0 spiro atoms. The van der Waals surface area contributed by atoms with Crippen LogP contribution in [0.4, 0.5) is 5.82 Å². The quantitative estimate of drug-likeness (QED) is 0.773. The molecule has 1 aliphatic heterocycles. The number of fused-ring (bicyclic) bond motifs is 1. The van der Waals surface area contributed by atoms with Crippen molar-refractivity contribution in [2.45, 2.75) is 18.9 Å². The van der Waals surface area contributed by atoms with Gasteiger partial charge in [0.05, 0.1) is 15.9 Å². The van der Waals surface area contributed by atoms with E-state index in [0.717, 1.165) is 46.5 Å². The van der Waals surface area contributed by atoms with Crippen LogP contribution in [0, 0.1) is 0 Å². The SMILES string of the molecule is Brc1cnc(C2CCCN2c2ncnc3[nH]ccc23)nc1. The van der Waals surface area contributed by atoms with Crippen LogP contribution in [0.25, 0.3) is 11.0 Å². The first kappa shape index (κ1) is 12.7. The van der Waals surface area contributed by atoms with Crippen molar-refractivity contribution >= 4 is 32.8 Å². The molecule has 0 saturated carbocycles. The first-order valence-corrected chi connectivity index (χ1v) is 7.64.